The number of ether oxygens (including phenoxy) is 1. The highest BCUT2D eigenvalue weighted by atomic mass is 16.5. The molecule has 5 nitrogen and oxygen atoms in total. The molecule has 0 radical (unpaired) electrons. The zero-order valence-corrected chi connectivity index (χ0v) is 22.6. The summed E-state index contributed by atoms with van der Waals surface area (Å²) >= 11 is 0. The van der Waals surface area contributed by atoms with Crippen LogP contribution in [0.15, 0.2) is 48.5 Å². The fraction of sp³-hybridized carbons (Fsp3) is 0.516. The summed E-state index contributed by atoms with van der Waals surface area (Å²) in [5.41, 5.74) is 4.98. The Labute approximate surface area is 215 Å². The Kier molecular flexibility index (Phi) is 6.73. The molecule has 0 aliphatic carbocycles. The normalized spacial score (nSPS) is 20.0. The van der Waals surface area contributed by atoms with Gasteiger partial charge in [-0.2, -0.15) is 0 Å². The van der Waals surface area contributed by atoms with Gasteiger partial charge in [-0.05, 0) is 64.8 Å². The first-order valence-electron chi connectivity index (χ1n) is 13.5. The Balaban J connectivity index is 0.000000149. The van der Waals surface area contributed by atoms with Gasteiger partial charge < -0.3 is 14.6 Å². The van der Waals surface area contributed by atoms with E-state index in [9.17, 15) is 4.79 Å². The molecule has 0 saturated carbocycles. The van der Waals surface area contributed by atoms with E-state index in [-0.39, 0.29) is 16.9 Å². The van der Waals surface area contributed by atoms with E-state index in [1.54, 1.807) is 0 Å². The first-order chi connectivity index (χ1) is 17.2. The van der Waals surface area contributed by atoms with Crippen molar-refractivity contribution in [1.82, 2.24) is 14.8 Å². The summed E-state index contributed by atoms with van der Waals surface area (Å²) in [5, 5.41) is 1.41. The van der Waals surface area contributed by atoms with Gasteiger partial charge in [0.15, 0.2) is 5.78 Å². The Bertz CT molecular complexity index is 1230. The maximum atomic E-state index is 12.3. The number of carbonyl (C=O) groups is 1. The van der Waals surface area contributed by atoms with Gasteiger partial charge in [-0.15, -0.1) is 0 Å². The number of benzene rings is 2. The van der Waals surface area contributed by atoms with Crippen molar-refractivity contribution in [2.45, 2.75) is 84.0 Å². The van der Waals surface area contributed by atoms with Gasteiger partial charge in [-0.25, -0.2) is 0 Å². The second-order valence-corrected chi connectivity index (χ2v) is 12.0. The SMILES string of the molecule is CC(C)(C)N1CCc2c([nH]c3ccccc23)C1.CC(C)N1CCC2(CC1)CC(=O)c1ccccc1O2. The lowest BCUT2D eigenvalue weighted by Crippen LogP contribution is -2.52. The molecule has 3 aromatic rings. The van der Waals surface area contributed by atoms with Crippen molar-refractivity contribution in [3.05, 3.63) is 65.4 Å². The average molecular weight is 488 g/mol. The maximum Gasteiger partial charge on any atom is 0.170 e. The molecule has 0 bridgehead atoms. The molecule has 3 aliphatic heterocycles. The summed E-state index contributed by atoms with van der Waals surface area (Å²) < 4.78 is 6.21. The lowest BCUT2D eigenvalue weighted by Gasteiger charge is -2.45. The summed E-state index contributed by atoms with van der Waals surface area (Å²) in [4.78, 5) is 20.9. The van der Waals surface area contributed by atoms with Crippen molar-refractivity contribution >= 4 is 16.7 Å². The van der Waals surface area contributed by atoms with E-state index >= 15 is 0 Å². The van der Waals surface area contributed by atoms with E-state index in [1.165, 1.54) is 28.7 Å². The fourth-order valence-electron chi connectivity index (χ4n) is 5.94. The zero-order valence-electron chi connectivity index (χ0n) is 22.6. The van der Waals surface area contributed by atoms with Crippen LogP contribution in [0.1, 0.15) is 75.5 Å². The number of fused-ring (bicyclic) bond motifs is 4. The second kappa shape index (κ2) is 9.68. The number of aromatic nitrogens is 1. The molecule has 5 heteroatoms. The van der Waals surface area contributed by atoms with Crippen molar-refractivity contribution in [3.8, 4) is 5.75 Å². The first-order valence-corrected chi connectivity index (χ1v) is 13.5. The Hall–Kier alpha value is -2.63. The molecule has 1 N–H and O–H groups in total. The molecule has 36 heavy (non-hydrogen) atoms. The Morgan fingerprint density at radius 1 is 0.972 bits per heavy atom. The number of H-pyrrole nitrogens is 1. The van der Waals surface area contributed by atoms with E-state index in [2.05, 4.69) is 73.7 Å². The third-order valence-electron chi connectivity index (χ3n) is 8.27. The molecule has 1 spiro atoms. The monoisotopic (exact) mass is 487 g/mol. The van der Waals surface area contributed by atoms with Crippen LogP contribution in [0.5, 0.6) is 5.75 Å². The van der Waals surface area contributed by atoms with Gasteiger partial charge in [0.2, 0.25) is 0 Å². The highest BCUT2D eigenvalue weighted by Gasteiger charge is 2.43. The molecule has 6 rings (SSSR count). The van der Waals surface area contributed by atoms with E-state index in [0.717, 1.165) is 50.2 Å². The largest absolute Gasteiger partial charge is 0.486 e. The van der Waals surface area contributed by atoms with Crippen LogP contribution >= 0.6 is 0 Å². The maximum absolute atomic E-state index is 12.3. The lowest BCUT2D eigenvalue weighted by atomic mass is 9.82. The fourth-order valence-corrected chi connectivity index (χ4v) is 5.94. The predicted octanol–water partition coefficient (Wildman–Crippen LogP) is 6.22. The molecule has 192 valence electrons. The minimum Gasteiger partial charge on any atom is -0.486 e. The number of likely N-dealkylation sites (tertiary alicyclic amines) is 1. The number of nitrogens with one attached hydrogen (secondary N) is 1. The van der Waals surface area contributed by atoms with Crippen molar-refractivity contribution in [2.24, 2.45) is 0 Å². The number of nitrogens with zero attached hydrogens (tertiary/aromatic N) is 2. The zero-order chi connectivity index (χ0) is 25.5. The van der Waals surface area contributed by atoms with Crippen molar-refractivity contribution < 1.29 is 9.53 Å². The molecule has 0 amide bonds. The molecular formula is C31H41N3O2. The molecule has 2 aromatic carbocycles. The van der Waals surface area contributed by atoms with Crippen LogP contribution in [0.3, 0.4) is 0 Å². The highest BCUT2D eigenvalue weighted by molar-refractivity contribution is 6.00. The number of rotatable bonds is 1. The number of para-hydroxylation sites is 2. The molecule has 1 aromatic heterocycles. The first kappa shape index (κ1) is 25.0. The molecular weight excluding hydrogens is 446 g/mol. The van der Waals surface area contributed by atoms with Crippen molar-refractivity contribution in [3.63, 3.8) is 0 Å². The van der Waals surface area contributed by atoms with Gasteiger partial charge in [0.25, 0.3) is 0 Å². The third kappa shape index (κ3) is 4.96. The van der Waals surface area contributed by atoms with E-state index in [1.807, 2.05) is 24.3 Å². The number of hydrogen-bond acceptors (Lipinski definition) is 4. The molecule has 3 aliphatic rings. The summed E-state index contributed by atoms with van der Waals surface area (Å²) in [6.45, 7) is 15.6. The predicted molar refractivity (Wildman–Crippen MR) is 147 cm³/mol. The Morgan fingerprint density at radius 3 is 2.39 bits per heavy atom. The number of aromatic amines is 1. The molecule has 0 unspecified atom stereocenters. The average Bonchev–Trinajstić information content (AvgIpc) is 3.22. The number of ketones is 1. The van der Waals surface area contributed by atoms with Crippen molar-refractivity contribution in [2.75, 3.05) is 19.6 Å². The highest BCUT2D eigenvalue weighted by Crippen LogP contribution is 2.39. The van der Waals surface area contributed by atoms with Crippen LogP contribution in [0.2, 0.25) is 0 Å². The van der Waals surface area contributed by atoms with Crippen LogP contribution in [0.25, 0.3) is 10.9 Å². The number of piperidine rings is 1. The van der Waals surface area contributed by atoms with Gasteiger partial charge in [-0.1, -0.05) is 30.3 Å². The third-order valence-corrected chi connectivity index (χ3v) is 8.27. The minimum absolute atomic E-state index is 0.236. The van der Waals surface area contributed by atoms with Gasteiger partial charge in [0.05, 0.1) is 12.0 Å². The molecule has 0 atom stereocenters. The molecule has 1 fully saturated rings. The van der Waals surface area contributed by atoms with Crippen LogP contribution in [0.4, 0.5) is 0 Å². The minimum atomic E-state index is -0.253. The van der Waals surface area contributed by atoms with E-state index < -0.39 is 0 Å². The van der Waals surface area contributed by atoms with Crippen LogP contribution < -0.4 is 4.74 Å². The molecule has 1 saturated heterocycles. The van der Waals surface area contributed by atoms with Gasteiger partial charge >= 0.3 is 0 Å². The summed E-state index contributed by atoms with van der Waals surface area (Å²) in [6.07, 6.45) is 3.60. The van der Waals surface area contributed by atoms with Crippen LogP contribution in [-0.2, 0) is 13.0 Å². The van der Waals surface area contributed by atoms with Crippen LogP contribution in [-0.4, -0.2) is 57.4 Å². The Morgan fingerprint density at radius 2 is 1.67 bits per heavy atom. The van der Waals surface area contributed by atoms with E-state index in [0.29, 0.717) is 12.5 Å². The standard InChI is InChI=1S/C16H21NO2.C15H20N2/c1-12(2)17-9-7-16(8-10-17)11-14(18)13-5-3-4-6-15(13)19-16;1-15(2,3)17-9-8-12-11-6-4-5-7-13(11)16-14(12)10-17/h3-6,12H,7-11H2,1-2H3;4-7,16H,8-10H2,1-3H3. The number of carbonyl (C=O) groups excluding carboxylic acids is 1. The summed E-state index contributed by atoms with van der Waals surface area (Å²) in [5.74, 6) is 1.01. The number of Topliss-reactive ketones (excluding diaryl/α,β-unsaturated/α-hetero) is 1. The summed E-state index contributed by atoms with van der Waals surface area (Å²) in [6, 6.07) is 16.8. The lowest BCUT2D eigenvalue weighted by molar-refractivity contribution is -0.0153. The smallest absolute Gasteiger partial charge is 0.170 e. The molecule has 4 heterocycles. The quantitative estimate of drug-likeness (QED) is 0.443. The number of hydrogen-bond donors (Lipinski definition) is 1. The van der Waals surface area contributed by atoms with E-state index in [4.69, 9.17) is 4.74 Å². The van der Waals surface area contributed by atoms with Crippen LogP contribution in [0, 0.1) is 0 Å². The van der Waals surface area contributed by atoms with Crippen molar-refractivity contribution in [1.29, 1.82) is 0 Å². The van der Waals surface area contributed by atoms with Gasteiger partial charge in [0.1, 0.15) is 11.4 Å². The summed E-state index contributed by atoms with van der Waals surface area (Å²) in [7, 11) is 0. The van der Waals surface area contributed by atoms with Gasteiger partial charge in [-0.3, -0.25) is 9.69 Å². The van der Waals surface area contributed by atoms with Gasteiger partial charge in [0, 0.05) is 67.2 Å². The second-order valence-electron chi connectivity index (χ2n) is 12.0. The topological polar surface area (TPSA) is 48.6 Å².